The first kappa shape index (κ1) is 23.5. The molecule has 0 bridgehead atoms. The van der Waals surface area contributed by atoms with E-state index in [2.05, 4.69) is 5.32 Å². The number of nitrogens with one attached hydrogen (secondary N) is 1. The van der Waals surface area contributed by atoms with Crippen molar-refractivity contribution in [3.8, 4) is 11.5 Å². The largest absolute Gasteiger partial charge is 0.493 e. The van der Waals surface area contributed by atoms with Gasteiger partial charge in [0, 0.05) is 15.9 Å². The molecule has 0 radical (unpaired) electrons. The first-order chi connectivity index (χ1) is 15.3. The fraction of sp³-hybridized carbons (Fsp3) is 0.174. The molecule has 9 heteroatoms. The third-order valence-corrected chi connectivity index (χ3v) is 6.70. The van der Waals surface area contributed by atoms with Gasteiger partial charge in [0.2, 0.25) is 15.9 Å². The molecular formula is C23H24N2O5S2. The number of hydrogen-bond donors (Lipinski definition) is 1. The number of nitrogens with zero attached hydrogens (tertiary/aromatic N) is 1. The zero-order chi connectivity index (χ0) is 23.1. The van der Waals surface area contributed by atoms with Gasteiger partial charge in [-0.25, -0.2) is 8.42 Å². The third kappa shape index (κ3) is 5.95. The Morgan fingerprint density at radius 1 is 0.938 bits per heavy atom. The van der Waals surface area contributed by atoms with Gasteiger partial charge in [-0.1, -0.05) is 42.1 Å². The van der Waals surface area contributed by atoms with E-state index in [1.54, 1.807) is 18.2 Å². The van der Waals surface area contributed by atoms with Crippen molar-refractivity contribution >= 4 is 39.1 Å². The van der Waals surface area contributed by atoms with Crippen molar-refractivity contribution in [1.29, 1.82) is 0 Å². The van der Waals surface area contributed by atoms with E-state index >= 15 is 0 Å². The van der Waals surface area contributed by atoms with Gasteiger partial charge in [-0.05, 0) is 36.4 Å². The Labute approximate surface area is 192 Å². The number of hydrogen-bond acceptors (Lipinski definition) is 6. The second-order valence-corrected chi connectivity index (χ2v) is 9.79. The van der Waals surface area contributed by atoms with Gasteiger partial charge >= 0.3 is 0 Å². The van der Waals surface area contributed by atoms with Gasteiger partial charge in [0.25, 0.3) is 0 Å². The summed E-state index contributed by atoms with van der Waals surface area (Å²) in [6, 6.07) is 21.8. The Balaban J connectivity index is 1.82. The lowest BCUT2D eigenvalue weighted by Gasteiger charge is -2.23. The number of ether oxygens (including phenoxy) is 2. The highest BCUT2D eigenvalue weighted by Gasteiger charge is 2.23. The van der Waals surface area contributed by atoms with E-state index in [0.717, 1.165) is 20.4 Å². The molecule has 32 heavy (non-hydrogen) atoms. The van der Waals surface area contributed by atoms with Crippen LogP contribution in [0.25, 0.3) is 0 Å². The maximum Gasteiger partial charge on any atom is 0.245 e. The summed E-state index contributed by atoms with van der Waals surface area (Å²) in [5.41, 5.74) is 0.902. The Morgan fingerprint density at radius 2 is 1.59 bits per heavy atom. The number of sulfonamides is 1. The summed E-state index contributed by atoms with van der Waals surface area (Å²) in [4.78, 5) is 14.7. The van der Waals surface area contributed by atoms with Crippen molar-refractivity contribution < 1.29 is 22.7 Å². The van der Waals surface area contributed by atoms with Crippen LogP contribution in [0.4, 0.5) is 11.4 Å². The van der Waals surface area contributed by atoms with Crippen LogP contribution in [0.3, 0.4) is 0 Å². The number of amides is 1. The Morgan fingerprint density at radius 3 is 2.25 bits per heavy atom. The second kappa shape index (κ2) is 10.4. The molecule has 0 heterocycles. The highest BCUT2D eigenvalue weighted by Crippen LogP contribution is 2.34. The van der Waals surface area contributed by atoms with Crippen LogP contribution in [-0.4, -0.2) is 41.3 Å². The minimum absolute atomic E-state index is 0.298. The maximum atomic E-state index is 12.8. The lowest BCUT2D eigenvalue weighted by Crippen LogP contribution is -2.37. The molecule has 0 atom stereocenters. The molecular weight excluding hydrogens is 448 g/mol. The van der Waals surface area contributed by atoms with Crippen LogP contribution in [0, 0.1) is 0 Å². The number of methoxy groups -OCH3 is 2. The van der Waals surface area contributed by atoms with Gasteiger partial charge in [-0.2, -0.15) is 0 Å². The van der Waals surface area contributed by atoms with Crippen LogP contribution in [0.15, 0.2) is 82.6 Å². The van der Waals surface area contributed by atoms with E-state index in [1.165, 1.54) is 32.0 Å². The van der Waals surface area contributed by atoms with Crippen LogP contribution in [0.1, 0.15) is 0 Å². The average molecular weight is 473 g/mol. The molecule has 1 N–H and O–H groups in total. The van der Waals surface area contributed by atoms with E-state index in [1.807, 2.05) is 48.5 Å². The number of para-hydroxylation sites is 1. The number of benzene rings is 3. The van der Waals surface area contributed by atoms with Gasteiger partial charge in [0.05, 0.1) is 31.9 Å². The fourth-order valence-corrected chi connectivity index (χ4v) is 4.75. The highest BCUT2D eigenvalue weighted by molar-refractivity contribution is 7.99. The first-order valence-electron chi connectivity index (χ1n) is 9.63. The predicted molar refractivity (Wildman–Crippen MR) is 127 cm³/mol. The lowest BCUT2D eigenvalue weighted by molar-refractivity contribution is -0.114. The first-order valence-corrected chi connectivity index (χ1v) is 12.3. The SMILES string of the molecule is COc1ccc(N(CC(=O)Nc2ccccc2Sc2ccccc2)S(C)(=O)=O)cc1OC. The van der Waals surface area contributed by atoms with E-state index in [9.17, 15) is 13.2 Å². The van der Waals surface area contributed by atoms with Crippen molar-refractivity contribution in [3.05, 3.63) is 72.8 Å². The molecule has 0 aliphatic heterocycles. The summed E-state index contributed by atoms with van der Waals surface area (Å²) >= 11 is 1.51. The third-order valence-electron chi connectivity index (χ3n) is 4.47. The smallest absolute Gasteiger partial charge is 0.245 e. The number of rotatable bonds is 9. The Hall–Kier alpha value is -3.17. The van der Waals surface area contributed by atoms with E-state index < -0.39 is 22.5 Å². The molecule has 3 rings (SSSR count). The van der Waals surface area contributed by atoms with Crippen molar-refractivity contribution in [2.24, 2.45) is 0 Å². The molecule has 3 aromatic rings. The van der Waals surface area contributed by atoms with Gasteiger partial charge in [0.15, 0.2) is 11.5 Å². The quantitative estimate of drug-likeness (QED) is 0.501. The molecule has 0 saturated heterocycles. The van der Waals surface area contributed by atoms with Crippen LogP contribution in [0.2, 0.25) is 0 Å². The van der Waals surface area contributed by atoms with E-state index in [4.69, 9.17) is 9.47 Å². The minimum Gasteiger partial charge on any atom is -0.493 e. The van der Waals surface area contributed by atoms with Crippen LogP contribution in [0.5, 0.6) is 11.5 Å². The van der Waals surface area contributed by atoms with Gasteiger partial charge in [0.1, 0.15) is 6.54 Å². The van der Waals surface area contributed by atoms with Crippen molar-refractivity contribution in [2.45, 2.75) is 9.79 Å². The van der Waals surface area contributed by atoms with Crippen LogP contribution >= 0.6 is 11.8 Å². The Bertz CT molecular complexity index is 1180. The molecule has 168 valence electrons. The topological polar surface area (TPSA) is 84.9 Å². The van der Waals surface area contributed by atoms with Crippen molar-refractivity contribution in [1.82, 2.24) is 0 Å². The number of carbonyl (C=O) groups is 1. The summed E-state index contributed by atoms with van der Waals surface area (Å²) in [6.07, 6.45) is 1.05. The summed E-state index contributed by atoms with van der Waals surface area (Å²) in [6.45, 7) is -0.390. The van der Waals surface area contributed by atoms with Gasteiger partial charge < -0.3 is 14.8 Å². The summed E-state index contributed by atoms with van der Waals surface area (Å²) in [5.74, 6) is 0.357. The standard InChI is InChI=1S/C23H24N2O5S2/c1-29-20-14-13-17(15-21(20)30-2)25(32(3,27)28)16-23(26)24-19-11-7-8-12-22(19)31-18-9-5-4-6-10-18/h4-15H,16H2,1-3H3,(H,24,26). The van der Waals surface area contributed by atoms with Crippen LogP contribution in [-0.2, 0) is 14.8 Å². The highest BCUT2D eigenvalue weighted by atomic mass is 32.2. The van der Waals surface area contributed by atoms with Gasteiger partial charge in [-0.15, -0.1) is 0 Å². The Kier molecular flexibility index (Phi) is 7.66. The molecule has 0 aromatic heterocycles. The molecule has 1 amide bonds. The molecule has 0 saturated carbocycles. The number of carbonyl (C=O) groups excluding carboxylic acids is 1. The molecule has 0 aliphatic rings. The molecule has 0 spiro atoms. The zero-order valence-corrected chi connectivity index (χ0v) is 19.6. The number of anilines is 2. The van der Waals surface area contributed by atoms with E-state index in [0.29, 0.717) is 22.9 Å². The lowest BCUT2D eigenvalue weighted by atomic mass is 10.2. The minimum atomic E-state index is -3.74. The summed E-state index contributed by atoms with van der Waals surface area (Å²) in [5, 5.41) is 2.83. The second-order valence-electron chi connectivity index (χ2n) is 6.77. The van der Waals surface area contributed by atoms with Crippen LogP contribution < -0.4 is 19.1 Å². The molecule has 3 aromatic carbocycles. The monoisotopic (exact) mass is 472 g/mol. The van der Waals surface area contributed by atoms with Crippen molar-refractivity contribution in [2.75, 3.05) is 36.6 Å². The van der Waals surface area contributed by atoms with Gasteiger partial charge in [-0.3, -0.25) is 9.10 Å². The van der Waals surface area contributed by atoms with E-state index in [-0.39, 0.29) is 0 Å². The molecule has 0 aliphatic carbocycles. The molecule has 7 nitrogen and oxygen atoms in total. The molecule has 0 fully saturated rings. The molecule has 0 unspecified atom stereocenters. The predicted octanol–water partition coefficient (Wildman–Crippen LogP) is 4.26. The zero-order valence-electron chi connectivity index (χ0n) is 17.9. The maximum absolute atomic E-state index is 12.8. The normalized spacial score (nSPS) is 11.0. The average Bonchev–Trinajstić information content (AvgIpc) is 2.78. The van der Waals surface area contributed by atoms with Crippen molar-refractivity contribution in [3.63, 3.8) is 0 Å². The summed E-state index contributed by atoms with van der Waals surface area (Å²) in [7, 11) is -0.789. The fourth-order valence-electron chi connectivity index (χ4n) is 2.97. The summed E-state index contributed by atoms with van der Waals surface area (Å²) < 4.78 is 36.4.